The van der Waals surface area contributed by atoms with Crippen LogP contribution in [0.4, 0.5) is 0 Å². The number of ketones is 1. The number of rotatable bonds is 6. The summed E-state index contributed by atoms with van der Waals surface area (Å²) in [5.41, 5.74) is 0. The standard InChI is InChI=1S/C16H28N2O3/c1-21-11-9-17-16(20)12-18-10-5-4-7-14(18)13-6-2-3-8-15(13)19/h13-14H,2-12H2,1H3,(H,17,20). The number of carbonyl (C=O) groups excluding carboxylic acids is 2. The molecule has 1 aliphatic heterocycles. The van der Waals surface area contributed by atoms with Gasteiger partial charge in [0.15, 0.2) is 0 Å². The van der Waals surface area contributed by atoms with E-state index in [1.807, 2.05) is 0 Å². The van der Waals surface area contributed by atoms with Crippen molar-refractivity contribution >= 4 is 11.7 Å². The molecule has 0 aromatic rings. The van der Waals surface area contributed by atoms with Crippen molar-refractivity contribution in [2.45, 2.75) is 51.0 Å². The van der Waals surface area contributed by atoms with Crippen LogP contribution in [0, 0.1) is 5.92 Å². The van der Waals surface area contributed by atoms with Crippen LogP contribution >= 0.6 is 0 Å². The van der Waals surface area contributed by atoms with E-state index in [-0.39, 0.29) is 17.9 Å². The number of Topliss-reactive ketones (excluding diaryl/α,β-unsaturated/α-hetero) is 1. The average Bonchev–Trinajstić information content (AvgIpc) is 2.49. The molecule has 2 rings (SSSR count). The highest BCUT2D eigenvalue weighted by molar-refractivity contribution is 5.82. The molecule has 1 heterocycles. The zero-order valence-electron chi connectivity index (χ0n) is 13.1. The Morgan fingerprint density at radius 1 is 1.29 bits per heavy atom. The normalized spacial score (nSPS) is 27.6. The summed E-state index contributed by atoms with van der Waals surface area (Å²) in [7, 11) is 1.63. The van der Waals surface area contributed by atoms with Crippen LogP contribution in [0.15, 0.2) is 0 Å². The van der Waals surface area contributed by atoms with Gasteiger partial charge in [0.05, 0.1) is 13.2 Å². The van der Waals surface area contributed by atoms with Crippen LogP contribution in [0.1, 0.15) is 44.9 Å². The van der Waals surface area contributed by atoms with E-state index in [9.17, 15) is 9.59 Å². The molecule has 5 heteroatoms. The minimum absolute atomic E-state index is 0.0437. The summed E-state index contributed by atoms with van der Waals surface area (Å²) in [6, 6.07) is 0.278. The summed E-state index contributed by atoms with van der Waals surface area (Å²) in [5.74, 6) is 0.617. The summed E-state index contributed by atoms with van der Waals surface area (Å²) in [4.78, 5) is 26.4. The van der Waals surface area contributed by atoms with Crippen molar-refractivity contribution in [1.29, 1.82) is 0 Å². The van der Waals surface area contributed by atoms with Gasteiger partial charge in [-0.1, -0.05) is 12.8 Å². The van der Waals surface area contributed by atoms with Crippen molar-refractivity contribution in [3.05, 3.63) is 0 Å². The summed E-state index contributed by atoms with van der Waals surface area (Å²) < 4.78 is 4.94. The lowest BCUT2D eigenvalue weighted by molar-refractivity contribution is -0.130. The molecule has 2 fully saturated rings. The predicted octanol–water partition coefficient (Wildman–Crippen LogP) is 1.36. The zero-order valence-corrected chi connectivity index (χ0v) is 13.1. The lowest BCUT2D eigenvalue weighted by Crippen LogP contribution is -2.51. The van der Waals surface area contributed by atoms with Crippen molar-refractivity contribution in [2.75, 3.05) is 33.4 Å². The highest BCUT2D eigenvalue weighted by Gasteiger charge is 2.35. The number of nitrogens with one attached hydrogen (secondary N) is 1. The zero-order chi connectivity index (χ0) is 15.1. The van der Waals surface area contributed by atoms with E-state index in [0.29, 0.717) is 25.5 Å². The van der Waals surface area contributed by atoms with Crippen molar-refractivity contribution in [2.24, 2.45) is 5.92 Å². The molecule has 1 N–H and O–H groups in total. The Bertz CT molecular complexity index is 359. The van der Waals surface area contributed by atoms with Crippen molar-refractivity contribution in [1.82, 2.24) is 10.2 Å². The van der Waals surface area contributed by atoms with Gasteiger partial charge in [-0.3, -0.25) is 14.5 Å². The number of piperidine rings is 1. The fourth-order valence-electron chi connectivity index (χ4n) is 3.62. The summed E-state index contributed by atoms with van der Waals surface area (Å²) in [6.45, 7) is 2.44. The average molecular weight is 296 g/mol. The fourth-order valence-corrected chi connectivity index (χ4v) is 3.62. The minimum Gasteiger partial charge on any atom is -0.383 e. The number of methoxy groups -OCH3 is 1. The predicted molar refractivity (Wildman–Crippen MR) is 81.1 cm³/mol. The maximum absolute atomic E-state index is 12.2. The SMILES string of the molecule is COCCNC(=O)CN1CCCCC1C1CCCCC1=O. The first-order valence-electron chi connectivity index (χ1n) is 8.24. The van der Waals surface area contributed by atoms with E-state index in [1.54, 1.807) is 7.11 Å². The van der Waals surface area contributed by atoms with Gasteiger partial charge >= 0.3 is 0 Å². The first-order chi connectivity index (χ1) is 10.2. The fraction of sp³-hybridized carbons (Fsp3) is 0.875. The van der Waals surface area contributed by atoms with Crippen LogP contribution in [-0.2, 0) is 14.3 Å². The van der Waals surface area contributed by atoms with Crippen molar-refractivity contribution in [3.63, 3.8) is 0 Å². The summed E-state index contributed by atoms with van der Waals surface area (Å²) >= 11 is 0. The van der Waals surface area contributed by atoms with Crippen LogP contribution in [-0.4, -0.2) is 56.0 Å². The summed E-state index contributed by atoms with van der Waals surface area (Å²) in [5, 5.41) is 2.88. The minimum atomic E-state index is 0.0437. The maximum atomic E-state index is 12.2. The van der Waals surface area contributed by atoms with Crippen LogP contribution in [0.3, 0.4) is 0 Å². The van der Waals surface area contributed by atoms with Gasteiger partial charge in [-0.25, -0.2) is 0 Å². The molecule has 5 nitrogen and oxygen atoms in total. The van der Waals surface area contributed by atoms with Crippen molar-refractivity contribution in [3.8, 4) is 0 Å². The Balaban J connectivity index is 1.89. The van der Waals surface area contributed by atoms with Gasteiger partial charge < -0.3 is 10.1 Å². The molecule has 0 radical (unpaired) electrons. The molecule has 0 aromatic heterocycles. The maximum Gasteiger partial charge on any atom is 0.234 e. The van der Waals surface area contributed by atoms with Gasteiger partial charge in [-0.2, -0.15) is 0 Å². The molecular weight excluding hydrogens is 268 g/mol. The number of hydrogen-bond donors (Lipinski definition) is 1. The van der Waals surface area contributed by atoms with E-state index in [1.165, 1.54) is 6.42 Å². The van der Waals surface area contributed by atoms with Crippen LogP contribution in [0.2, 0.25) is 0 Å². The van der Waals surface area contributed by atoms with E-state index >= 15 is 0 Å². The second-order valence-electron chi connectivity index (χ2n) is 6.19. The molecule has 2 atom stereocenters. The van der Waals surface area contributed by atoms with E-state index in [2.05, 4.69) is 10.2 Å². The molecule has 1 saturated carbocycles. The molecule has 0 spiro atoms. The highest BCUT2D eigenvalue weighted by Crippen LogP contribution is 2.31. The van der Waals surface area contributed by atoms with Gasteiger partial charge in [-0.15, -0.1) is 0 Å². The molecule has 120 valence electrons. The van der Waals surface area contributed by atoms with Crippen LogP contribution < -0.4 is 5.32 Å². The molecule has 2 aliphatic rings. The number of carbonyl (C=O) groups is 2. The molecule has 21 heavy (non-hydrogen) atoms. The number of nitrogens with zero attached hydrogens (tertiary/aromatic N) is 1. The topological polar surface area (TPSA) is 58.6 Å². The monoisotopic (exact) mass is 296 g/mol. The lowest BCUT2D eigenvalue weighted by atomic mass is 9.79. The van der Waals surface area contributed by atoms with E-state index in [0.717, 1.165) is 45.1 Å². The largest absolute Gasteiger partial charge is 0.383 e. The smallest absolute Gasteiger partial charge is 0.234 e. The van der Waals surface area contributed by atoms with Gasteiger partial charge in [0.1, 0.15) is 5.78 Å². The van der Waals surface area contributed by atoms with E-state index in [4.69, 9.17) is 4.74 Å². The molecule has 1 saturated heterocycles. The Morgan fingerprint density at radius 3 is 2.86 bits per heavy atom. The molecule has 1 amide bonds. The van der Waals surface area contributed by atoms with Gasteiger partial charge in [0, 0.05) is 32.0 Å². The van der Waals surface area contributed by atoms with Gasteiger partial charge in [0.25, 0.3) is 0 Å². The second-order valence-corrected chi connectivity index (χ2v) is 6.19. The van der Waals surface area contributed by atoms with Crippen LogP contribution in [0.5, 0.6) is 0 Å². The van der Waals surface area contributed by atoms with Crippen LogP contribution in [0.25, 0.3) is 0 Å². The number of amides is 1. The molecular formula is C16H28N2O3. The summed E-state index contributed by atoms with van der Waals surface area (Å²) in [6.07, 6.45) is 7.29. The molecule has 2 unspecified atom stereocenters. The molecule has 0 bridgehead atoms. The quantitative estimate of drug-likeness (QED) is 0.752. The Morgan fingerprint density at radius 2 is 2.10 bits per heavy atom. The number of likely N-dealkylation sites (tertiary alicyclic amines) is 1. The van der Waals surface area contributed by atoms with E-state index < -0.39 is 0 Å². The second kappa shape index (κ2) is 8.49. The Labute approximate surface area is 127 Å². The number of ether oxygens (including phenoxy) is 1. The molecule has 1 aliphatic carbocycles. The highest BCUT2D eigenvalue weighted by atomic mass is 16.5. The number of hydrogen-bond acceptors (Lipinski definition) is 4. The Kier molecular flexibility index (Phi) is 6.64. The molecule has 0 aromatic carbocycles. The Hall–Kier alpha value is -0.940. The third-order valence-corrected chi connectivity index (χ3v) is 4.71. The third kappa shape index (κ3) is 4.78. The van der Waals surface area contributed by atoms with Gasteiger partial charge in [0.2, 0.25) is 5.91 Å². The lowest BCUT2D eigenvalue weighted by Gasteiger charge is -2.40. The third-order valence-electron chi connectivity index (χ3n) is 4.71. The van der Waals surface area contributed by atoms with Crippen molar-refractivity contribution < 1.29 is 14.3 Å². The first-order valence-corrected chi connectivity index (χ1v) is 8.24. The first kappa shape index (κ1) is 16.4. The van der Waals surface area contributed by atoms with Gasteiger partial charge in [-0.05, 0) is 32.2 Å².